The number of piperidine rings is 1. The SMILES string of the molecule is CC(=O)N1CCC(C(=O)NCC2(c3cccc(Br)c3)CCC2)(c2ccccc2)CC1. The van der Waals surface area contributed by atoms with Crippen LogP contribution in [0.4, 0.5) is 0 Å². The summed E-state index contributed by atoms with van der Waals surface area (Å²) in [6.07, 6.45) is 4.71. The first-order valence-corrected chi connectivity index (χ1v) is 11.6. The predicted octanol–water partition coefficient (Wildman–Crippen LogP) is 4.57. The molecule has 1 saturated carbocycles. The van der Waals surface area contributed by atoms with Crippen LogP contribution in [0.25, 0.3) is 0 Å². The highest BCUT2D eigenvalue weighted by atomic mass is 79.9. The fourth-order valence-corrected chi connectivity index (χ4v) is 5.41. The van der Waals surface area contributed by atoms with Crippen molar-refractivity contribution in [3.8, 4) is 0 Å². The second-order valence-corrected chi connectivity index (χ2v) is 9.70. The maximum atomic E-state index is 13.7. The van der Waals surface area contributed by atoms with Crippen molar-refractivity contribution >= 4 is 27.7 Å². The fourth-order valence-electron chi connectivity index (χ4n) is 5.02. The molecule has 0 radical (unpaired) electrons. The monoisotopic (exact) mass is 468 g/mol. The lowest BCUT2D eigenvalue weighted by Gasteiger charge is -2.45. The van der Waals surface area contributed by atoms with E-state index in [2.05, 4.69) is 51.6 Å². The van der Waals surface area contributed by atoms with E-state index in [4.69, 9.17) is 0 Å². The molecule has 1 heterocycles. The molecule has 2 aromatic rings. The third kappa shape index (κ3) is 3.92. The van der Waals surface area contributed by atoms with Crippen LogP contribution < -0.4 is 5.32 Å². The smallest absolute Gasteiger partial charge is 0.230 e. The average Bonchev–Trinajstić information content (AvgIpc) is 2.73. The van der Waals surface area contributed by atoms with Gasteiger partial charge in [-0.2, -0.15) is 0 Å². The summed E-state index contributed by atoms with van der Waals surface area (Å²) in [5.41, 5.74) is 1.80. The Balaban J connectivity index is 1.55. The second-order valence-electron chi connectivity index (χ2n) is 8.78. The minimum atomic E-state index is -0.574. The third-order valence-corrected chi connectivity index (χ3v) is 7.65. The lowest BCUT2D eigenvalue weighted by molar-refractivity contribution is -0.135. The molecule has 4 rings (SSSR count). The van der Waals surface area contributed by atoms with Crippen molar-refractivity contribution in [2.75, 3.05) is 19.6 Å². The van der Waals surface area contributed by atoms with Gasteiger partial charge in [0.25, 0.3) is 0 Å². The summed E-state index contributed by atoms with van der Waals surface area (Å²) in [6.45, 7) is 3.50. The molecule has 1 N–H and O–H groups in total. The molecule has 0 atom stereocenters. The lowest BCUT2D eigenvalue weighted by atomic mass is 9.64. The molecule has 4 nitrogen and oxygen atoms in total. The van der Waals surface area contributed by atoms with Crippen LogP contribution in [0.3, 0.4) is 0 Å². The zero-order chi connectivity index (χ0) is 21.2. The first kappa shape index (κ1) is 21.1. The topological polar surface area (TPSA) is 49.4 Å². The summed E-state index contributed by atoms with van der Waals surface area (Å²) >= 11 is 3.59. The van der Waals surface area contributed by atoms with Gasteiger partial charge >= 0.3 is 0 Å². The summed E-state index contributed by atoms with van der Waals surface area (Å²) in [4.78, 5) is 27.3. The molecular formula is C25H29BrN2O2. The number of carbonyl (C=O) groups is 2. The van der Waals surface area contributed by atoms with Crippen molar-refractivity contribution in [2.24, 2.45) is 0 Å². The van der Waals surface area contributed by atoms with Crippen LogP contribution in [0.2, 0.25) is 0 Å². The zero-order valence-corrected chi connectivity index (χ0v) is 19.1. The molecule has 2 fully saturated rings. The van der Waals surface area contributed by atoms with E-state index in [1.807, 2.05) is 29.2 Å². The van der Waals surface area contributed by atoms with Crippen LogP contribution >= 0.6 is 15.9 Å². The Kier molecular flexibility index (Phi) is 6.01. The first-order valence-electron chi connectivity index (χ1n) is 10.8. The van der Waals surface area contributed by atoms with Gasteiger partial charge in [0, 0.05) is 36.4 Å². The van der Waals surface area contributed by atoms with Crippen LogP contribution in [0.1, 0.15) is 50.2 Å². The molecule has 2 aromatic carbocycles. The number of carbonyl (C=O) groups excluding carboxylic acids is 2. The van der Waals surface area contributed by atoms with Crippen molar-refractivity contribution in [1.82, 2.24) is 10.2 Å². The second kappa shape index (κ2) is 8.54. The predicted molar refractivity (Wildman–Crippen MR) is 122 cm³/mol. The summed E-state index contributed by atoms with van der Waals surface area (Å²) in [7, 11) is 0. The number of halogens is 1. The number of likely N-dealkylation sites (tertiary alicyclic amines) is 1. The third-order valence-electron chi connectivity index (χ3n) is 7.16. The molecule has 158 valence electrons. The molecular weight excluding hydrogens is 440 g/mol. The Labute approximate surface area is 187 Å². The van der Waals surface area contributed by atoms with E-state index in [0.717, 1.165) is 22.9 Å². The normalized spacial score (nSPS) is 19.6. The highest BCUT2D eigenvalue weighted by Gasteiger charge is 2.45. The van der Waals surface area contributed by atoms with Gasteiger partial charge in [0.05, 0.1) is 5.41 Å². The fraction of sp³-hybridized carbons (Fsp3) is 0.440. The molecule has 2 amide bonds. The van der Waals surface area contributed by atoms with Gasteiger partial charge in [0.2, 0.25) is 11.8 Å². The molecule has 0 spiro atoms. The van der Waals surface area contributed by atoms with Crippen molar-refractivity contribution in [1.29, 1.82) is 0 Å². The van der Waals surface area contributed by atoms with E-state index >= 15 is 0 Å². The van der Waals surface area contributed by atoms with E-state index < -0.39 is 5.41 Å². The minimum absolute atomic E-state index is 0.0252. The van der Waals surface area contributed by atoms with Crippen molar-refractivity contribution < 1.29 is 9.59 Å². The van der Waals surface area contributed by atoms with Gasteiger partial charge in [0.15, 0.2) is 0 Å². The van der Waals surface area contributed by atoms with Crippen LogP contribution in [-0.2, 0) is 20.4 Å². The number of benzene rings is 2. The van der Waals surface area contributed by atoms with Gasteiger partial charge in [-0.25, -0.2) is 0 Å². The van der Waals surface area contributed by atoms with E-state index in [1.54, 1.807) is 6.92 Å². The Hall–Kier alpha value is -2.14. The summed E-state index contributed by atoms with van der Waals surface area (Å²) < 4.78 is 1.08. The first-order chi connectivity index (χ1) is 14.5. The lowest BCUT2D eigenvalue weighted by Crippen LogP contribution is -2.55. The maximum Gasteiger partial charge on any atom is 0.230 e. The van der Waals surface area contributed by atoms with E-state index in [-0.39, 0.29) is 17.2 Å². The van der Waals surface area contributed by atoms with E-state index in [1.165, 1.54) is 12.0 Å². The summed E-state index contributed by atoms with van der Waals surface area (Å²) in [6, 6.07) is 18.6. The average molecular weight is 469 g/mol. The van der Waals surface area contributed by atoms with Gasteiger partial charge in [-0.15, -0.1) is 0 Å². The molecule has 1 aliphatic heterocycles. The largest absolute Gasteiger partial charge is 0.354 e. The Bertz CT molecular complexity index is 916. The van der Waals surface area contributed by atoms with Crippen molar-refractivity contribution in [2.45, 2.75) is 49.9 Å². The van der Waals surface area contributed by atoms with E-state index in [9.17, 15) is 9.59 Å². The van der Waals surface area contributed by atoms with Crippen LogP contribution in [0.15, 0.2) is 59.1 Å². The van der Waals surface area contributed by atoms with Crippen LogP contribution in [-0.4, -0.2) is 36.3 Å². The molecule has 5 heteroatoms. The van der Waals surface area contributed by atoms with Gasteiger partial charge in [-0.3, -0.25) is 9.59 Å². The summed E-state index contributed by atoms with van der Waals surface area (Å²) in [5, 5.41) is 3.34. The molecule has 0 bridgehead atoms. The van der Waals surface area contributed by atoms with Crippen LogP contribution in [0, 0.1) is 0 Å². The number of hydrogen-bond acceptors (Lipinski definition) is 2. The van der Waals surface area contributed by atoms with Crippen molar-refractivity contribution in [3.63, 3.8) is 0 Å². The highest BCUT2D eigenvalue weighted by molar-refractivity contribution is 9.10. The molecule has 1 saturated heterocycles. The molecule has 1 aliphatic carbocycles. The van der Waals surface area contributed by atoms with Gasteiger partial charge in [0.1, 0.15) is 0 Å². The van der Waals surface area contributed by atoms with Gasteiger partial charge in [-0.05, 0) is 48.9 Å². The Morgan fingerprint density at radius 3 is 2.20 bits per heavy atom. The number of nitrogens with one attached hydrogen (secondary N) is 1. The maximum absolute atomic E-state index is 13.7. The quantitative estimate of drug-likeness (QED) is 0.698. The minimum Gasteiger partial charge on any atom is -0.354 e. The molecule has 2 aliphatic rings. The summed E-state index contributed by atoms with van der Waals surface area (Å²) in [5.74, 6) is 0.179. The Morgan fingerprint density at radius 2 is 1.63 bits per heavy atom. The standard InChI is InChI=1S/C25H29BrN2O2/c1-19(29)28-15-13-25(14-16-28,20-7-3-2-4-8-20)23(30)27-18-24(11-6-12-24)21-9-5-10-22(26)17-21/h2-5,7-10,17H,6,11-16,18H2,1H3,(H,27,30). The number of rotatable bonds is 5. The molecule has 0 aromatic heterocycles. The Morgan fingerprint density at radius 1 is 0.967 bits per heavy atom. The van der Waals surface area contributed by atoms with Gasteiger partial charge in [-0.1, -0.05) is 64.8 Å². The zero-order valence-electron chi connectivity index (χ0n) is 17.5. The van der Waals surface area contributed by atoms with Crippen molar-refractivity contribution in [3.05, 3.63) is 70.2 Å². The van der Waals surface area contributed by atoms with E-state index in [0.29, 0.717) is 32.5 Å². The number of nitrogens with zero attached hydrogens (tertiary/aromatic N) is 1. The molecule has 30 heavy (non-hydrogen) atoms. The number of hydrogen-bond donors (Lipinski definition) is 1. The highest BCUT2D eigenvalue weighted by Crippen LogP contribution is 2.44. The van der Waals surface area contributed by atoms with Crippen LogP contribution in [0.5, 0.6) is 0 Å². The number of amides is 2. The van der Waals surface area contributed by atoms with Gasteiger partial charge < -0.3 is 10.2 Å². The molecule has 0 unspecified atom stereocenters.